The highest BCUT2D eigenvalue weighted by Crippen LogP contribution is 2.33. The van der Waals surface area contributed by atoms with Crippen LogP contribution >= 0.6 is 0 Å². The number of hydrogen-bond donors (Lipinski definition) is 0. The Morgan fingerprint density at radius 2 is 2.00 bits per heavy atom. The van der Waals surface area contributed by atoms with Crippen LogP contribution in [0.5, 0.6) is 11.5 Å². The highest BCUT2D eigenvalue weighted by Gasteiger charge is 2.51. The third-order valence-corrected chi connectivity index (χ3v) is 3.73. The average Bonchev–Trinajstić information content (AvgIpc) is 2.52. The van der Waals surface area contributed by atoms with E-state index in [0.717, 1.165) is 4.90 Å². The molecule has 1 aliphatic heterocycles. The van der Waals surface area contributed by atoms with E-state index in [2.05, 4.69) is 0 Å². The van der Waals surface area contributed by atoms with Gasteiger partial charge in [-0.05, 0) is 19.1 Å². The summed E-state index contributed by atoms with van der Waals surface area (Å²) in [7, 11) is 2.79. The molecule has 2 rings (SSSR count). The van der Waals surface area contributed by atoms with Crippen LogP contribution in [0.1, 0.15) is 17.3 Å². The van der Waals surface area contributed by atoms with E-state index in [1.807, 2.05) is 0 Å². The lowest BCUT2D eigenvalue weighted by molar-refractivity contribution is -0.220. The molecule has 128 valence electrons. The molecular formula is C15H18F3NO4. The van der Waals surface area contributed by atoms with Gasteiger partial charge in [-0.25, -0.2) is 0 Å². The quantitative estimate of drug-likeness (QED) is 0.853. The molecule has 1 fully saturated rings. The van der Waals surface area contributed by atoms with Crippen molar-refractivity contribution in [3.05, 3.63) is 23.8 Å². The number of hydrogen-bond acceptors (Lipinski definition) is 4. The Hall–Kier alpha value is -1.96. The van der Waals surface area contributed by atoms with Crippen molar-refractivity contribution in [2.45, 2.75) is 25.2 Å². The molecular weight excluding hydrogens is 315 g/mol. The van der Waals surface area contributed by atoms with Crippen molar-refractivity contribution >= 4 is 5.91 Å². The average molecular weight is 333 g/mol. The number of benzene rings is 1. The highest BCUT2D eigenvalue weighted by molar-refractivity contribution is 5.97. The molecule has 1 heterocycles. The van der Waals surface area contributed by atoms with Gasteiger partial charge >= 0.3 is 6.18 Å². The molecule has 0 aromatic heterocycles. The lowest BCUT2D eigenvalue weighted by atomic mass is 10.1. The maximum Gasteiger partial charge on any atom is 0.411 e. The molecule has 1 aromatic rings. The van der Waals surface area contributed by atoms with E-state index in [-0.39, 0.29) is 24.5 Å². The van der Waals surface area contributed by atoms with Crippen LogP contribution in [0.2, 0.25) is 0 Å². The van der Waals surface area contributed by atoms with Crippen molar-refractivity contribution in [3.8, 4) is 11.5 Å². The Kier molecular flexibility index (Phi) is 5.03. The number of carbonyl (C=O) groups excluding carboxylic acids is 1. The van der Waals surface area contributed by atoms with Crippen LogP contribution in [0.3, 0.4) is 0 Å². The van der Waals surface area contributed by atoms with Crippen LogP contribution in [0.25, 0.3) is 0 Å². The van der Waals surface area contributed by atoms with Crippen molar-refractivity contribution in [2.75, 3.05) is 27.4 Å². The van der Waals surface area contributed by atoms with Crippen molar-refractivity contribution in [2.24, 2.45) is 0 Å². The van der Waals surface area contributed by atoms with E-state index < -0.39 is 24.2 Å². The third-order valence-electron chi connectivity index (χ3n) is 3.73. The smallest absolute Gasteiger partial charge is 0.411 e. The van der Waals surface area contributed by atoms with Gasteiger partial charge in [0.15, 0.2) is 6.04 Å². The summed E-state index contributed by atoms with van der Waals surface area (Å²) in [4.78, 5) is 13.4. The predicted molar refractivity (Wildman–Crippen MR) is 75.8 cm³/mol. The zero-order chi connectivity index (χ0) is 17.2. The third kappa shape index (κ3) is 3.52. The topological polar surface area (TPSA) is 48.0 Å². The summed E-state index contributed by atoms with van der Waals surface area (Å²) in [6.07, 6.45) is -5.70. The Morgan fingerprint density at radius 3 is 2.57 bits per heavy atom. The number of nitrogens with zero attached hydrogens (tertiary/aromatic N) is 1. The minimum Gasteiger partial charge on any atom is -0.497 e. The minimum absolute atomic E-state index is 0.0525. The molecule has 2 atom stereocenters. The zero-order valence-corrected chi connectivity index (χ0v) is 13.0. The number of amides is 1. The first kappa shape index (κ1) is 17.4. The van der Waals surface area contributed by atoms with Crippen LogP contribution in [0, 0.1) is 0 Å². The van der Waals surface area contributed by atoms with Crippen molar-refractivity contribution in [3.63, 3.8) is 0 Å². The maximum atomic E-state index is 13.3. The number of halogens is 3. The number of morpholine rings is 1. The Bertz CT molecular complexity index is 576. The highest BCUT2D eigenvalue weighted by atomic mass is 19.4. The van der Waals surface area contributed by atoms with E-state index in [1.165, 1.54) is 39.3 Å². The lowest BCUT2D eigenvalue weighted by Crippen LogP contribution is -2.59. The van der Waals surface area contributed by atoms with Crippen molar-refractivity contribution < 1.29 is 32.2 Å². The molecule has 1 aliphatic rings. The van der Waals surface area contributed by atoms with Gasteiger partial charge in [0.2, 0.25) is 0 Å². The molecule has 1 saturated heterocycles. The monoisotopic (exact) mass is 333 g/mol. The standard InChI is InChI=1S/C15H18F3NO4/c1-9-13(15(16,17)18)19(6-7-23-9)14(20)11-5-4-10(21-2)8-12(11)22-3/h4-5,8-9,13H,6-7H2,1-3H3/t9-,13-/m0/s1. The molecule has 0 unspecified atom stereocenters. The van der Waals surface area contributed by atoms with E-state index >= 15 is 0 Å². The molecule has 0 aliphatic carbocycles. The Balaban J connectivity index is 2.38. The predicted octanol–water partition coefficient (Wildman–Crippen LogP) is 2.50. The van der Waals surface area contributed by atoms with E-state index in [9.17, 15) is 18.0 Å². The molecule has 8 heteroatoms. The molecule has 23 heavy (non-hydrogen) atoms. The summed E-state index contributed by atoms with van der Waals surface area (Å²) in [5.41, 5.74) is 0.0525. The summed E-state index contributed by atoms with van der Waals surface area (Å²) >= 11 is 0. The summed E-state index contributed by atoms with van der Waals surface area (Å²) in [6, 6.07) is 2.37. The molecule has 0 N–H and O–H groups in total. The molecule has 0 spiro atoms. The largest absolute Gasteiger partial charge is 0.497 e. The van der Waals surface area contributed by atoms with E-state index in [4.69, 9.17) is 14.2 Å². The Morgan fingerprint density at radius 1 is 1.30 bits per heavy atom. The van der Waals surface area contributed by atoms with Gasteiger partial charge in [-0.1, -0.05) is 0 Å². The lowest BCUT2D eigenvalue weighted by Gasteiger charge is -2.40. The first-order valence-corrected chi connectivity index (χ1v) is 7.01. The number of alkyl halides is 3. The van der Waals surface area contributed by atoms with Crippen LogP contribution in [-0.4, -0.2) is 56.5 Å². The fraction of sp³-hybridized carbons (Fsp3) is 0.533. The molecule has 0 bridgehead atoms. The minimum atomic E-state index is -4.57. The number of rotatable bonds is 3. The fourth-order valence-electron chi connectivity index (χ4n) is 2.62. The van der Waals surface area contributed by atoms with Gasteiger partial charge in [-0.3, -0.25) is 4.79 Å². The van der Waals surface area contributed by atoms with Gasteiger partial charge in [0, 0.05) is 12.6 Å². The second-order valence-electron chi connectivity index (χ2n) is 5.13. The molecule has 0 saturated carbocycles. The SMILES string of the molecule is COc1ccc(C(=O)N2CCO[C@@H](C)[C@H]2C(F)(F)F)c(OC)c1. The van der Waals surface area contributed by atoms with Crippen LogP contribution in [-0.2, 0) is 4.74 Å². The summed E-state index contributed by atoms with van der Waals surface area (Å²) in [6.45, 7) is 1.23. The zero-order valence-electron chi connectivity index (χ0n) is 13.0. The fourth-order valence-corrected chi connectivity index (χ4v) is 2.62. The van der Waals surface area contributed by atoms with E-state index in [1.54, 1.807) is 0 Å². The van der Waals surface area contributed by atoms with Gasteiger partial charge < -0.3 is 19.1 Å². The molecule has 1 aromatic carbocycles. The summed E-state index contributed by atoms with van der Waals surface area (Å²) < 4.78 is 55.1. The second kappa shape index (κ2) is 6.66. The van der Waals surface area contributed by atoms with Gasteiger partial charge in [-0.15, -0.1) is 0 Å². The van der Waals surface area contributed by atoms with Gasteiger partial charge in [0.1, 0.15) is 11.5 Å². The first-order chi connectivity index (χ1) is 10.8. The summed E-state index contributed by atoms with van der Waals surface area (Å²) in [5.74, 6) is -0.141. The van der Waals surface area contributed by atoms with Gasteiger partial charge in [0.25, 0.3) is 5.91 Å². The van der Waals surface area contributed by atoms with Gasteiger partial charge in [-0.2, -0.15) is 13.2 Å². The van der Waals surface area contributed by atoms with Crippen molar-refractivity contribution in [1.82, 2.24) is 4.90 Å². The van der Waals surface area contributed by atoms with Crippen molar-refractivity contribution in [1.29, 1.82) is 0 Å². The van der Waals surface area contributed by atoms with Crippen LogP contribution in [0.15, 0.2) is 18.2 Å². The maximum absolute atomic E-state index is 13.3. The van der Waals surface area contributed by atoms with Crippen LogP contribution in [0.4, 0.5) is 13.2 Å². The summed E-state index contributed by atoms with van der Waals surface area (Å²) in [5, 5.41) is 0. The molecule has 5 nitrogen and oxygen atoms in total. The first-order valence-electron chi connectivity index (χ1n) is 7.01. The number of methoxy groups -OCH3 is 2. The van der Waals surface area contributed by atoms with E-state index in [0.29, 0.717) is 5.75 Å². The molecule has 1 amide bonds. The van der Waals surface area contributed by atoms with Crippen LogP contribution < -0.4 is 9.47 Å². The Labute approximate surface area is 131 Å². The normalized spacial score (nSPS) is 21.9. The van der Waals surface area contributed by atoms with Gasteiger partial charge in [0.05, 0.1) is 32.5 Å². The molecule has 0 radical (unpaired) electrons. The second-order valence-corrected chi connectivity index (χ2v) is 5.13. The number of ether oxygens (including phenoxy) is 3. The number of carbonyl (C=O) groups is 1.